The minimum atomic E-state index is -0.736. The number of hydrogen-bond acceptors (Lipinski definition) is 10. The zero-order valence-corrected chi connectivity index (χ0v) is 21.4. The summed E-state index contributed by atoms with van der Waals surface area (Å²) in [6.07, 6.45) is -0.490. The van der Waals surface area contributed by atoms with Crippen molar-refractivity contribution in [3.63, 3.8) is 0 Å². The number of aryl methyl sites for hydroxylation is 2. The van der Waals surface area contributed by atoms with Crippen molar-refractivity contribution >= 4 is 34.3 Å². The lowest BCUT2D eigenvalue weighted by molar-refractivity contribution is -0.118. The Hall–Kier alpha value is -4.11. The fourth-order valence-electron chi connectivity index (χ4n) is 3.21. The van der Waals surface area contributed by atoms with Crippen LogP contribution in [0, 0.1) is 25.2 Å². The van der Waals surface area contributed by atoms with Crippen molar-refractivity contribution in [2.45, 2.75) is 52.7 Å². The molecule has 3 rings (SSSR count). The first-order valence-corrected chi connectivity index (χ1v) is 11.9. The second-order valence-electron chi connectivity index (χ2n) is 8.27. The van der Waals surface area contributed by atoms with E-state index in [1.54, 1.807) is 52.0 Å². The molecule has 1 aromatic carbocycles. The van der Waals surface area contributed by atoms with E-state index in [1.165, 1.54) is 11.9 Å². The monoisotopic (exact) mass is 510 g/mol. The molecule has 188 valence electrons. The highest BCUT2D eigenvalue weighted by atomic mass is 32.1. The number of anilines is 1. The van der Waals surface area contributed by atoms with Crippen molar-refractivity contribution < 1.29 is 23.6 Å². The fraction of sp³-hybridized carbons (Fsp3) is 0.375. The van der Waals surface area contributed by atoms with Gasteiger partial charge in [0.2, 0.25) is 17.6 Å². The Balaban J connectivity index is 1.69. The summed E-state index contributed by atoms with van der Waals surface area (Å²) in [6.45, 7) is 6.82. The summed E-state index contributed by atoms with van der Waals surface area (Å²) in [5.41, 5.74) is 1.37. The number of amides is 2. The Morgan fingerprint density at radius 1 is 1.25 bits per heavy atom. The van der Waals surface area contributed by atoms with E-state index in [-0.39, 0.29) is 24.9 Å². The molecule has 36 heavy (non-hydrogen) atoms. The van der Waals surface area contributed by atoms with Crippen LogP contribution in [0.4, 0.5) is 5.13 Å². The number of nitriles is 1. The van der Waals surface area contributed by atoms with Crippen LogP contribution >= 0.6 is 11.3 Å². The summed E-state index contributed by atoms with van der Waals surface area (Å²) < 4.78 is 10.2. The molecule has 12 heteroatoms. The molecule has 2 aromatic heterocycles. The third kappa shape index (κ3) is 6.51. The normalized spacial score (nSPS) is 11.6. The molecule has 0 saturated heterocycles. The number of aromatic nitrogens is 3. The van der Waals surface area contributed by atoms with Crippen LogP contribution in [0.25, 0.3) is 11.4 Å². The van der Waals surface area contributed by atoms with Gasteiger partial charge >= 0.3 is 5.97 Å². The van der Waals surface area contributed by atoms with Gasteiger partial charge in [-0.2, -0.15) is 10.2 Å². The van der Waals surface area contributed by atoms with Crippen LogP contribution in [-0.4, -0.2) is 52.1 Å². The van der Waals surface area contributed by atoms with Crippen molar-refractivity contribution in [2.24, 2.45) is 0 Å². The van der Waals surface area contributed by atoms with Gasteiger partial charge in [-0.1, -0.05) is 28.6 Å². The van der Waals surface area contributed by atoms with E-state index in [4.69, 9.17) is 9.26 Å². The maximum absolute atomic E-state index is 12.9. The molecular formula is C24H26N6O5S. The van der Waals surface area contributed by atoms with E-state index in [0.29, 0.717) is 38.5 Å². The minimum Gasteiger partial charge on any atom is -0.459 e. The second kappa shape index (κ2) is 11.5. The zero-order valence-electron chi connectivity index (χ0n) is 20.6. The number of rotatable bonds is 9. The summed E-state index contributed by atoms with van der Waals surface area (Å²) in [5, 5.41) is 16.2. The number of esters is 1. The van der Waals surface area contributed by atoms with Gasteiger partial charge in [0, 0.05) is 31.5 Å². The molecule has 1 atom stereocenters. The second-order valence-corrected chi connectivity index (χ2v) is 9.25. The molecule has 0 aliphatic rings. The summed E-state index contributed by atoms with van der Waals surface area (Å²) in [4.78, 5) is 48.2. The molecule has 0 spiro atoms. The lowest BCUT2D eigenvalue weighted by Gasteiger charge is -2.19. The van der Waals surface area contributed by atoms with E-state index < -0.39 is 17.9 Å². The summed E-state index contributed by atoms with van der Waals surface area (Å²) in [6, 6.07) is 7.91. The molecule has 11 nitrogen and oxygen atoms in total. The molecule has 2 amide bonds. The van der Waals surface area contributed by atoms with Crippen LogP contribution in [0.1, 0.15) is 58.3 Å². The first-order valence-electron chi connectivity index (χ1n) is 11.1. The van der Waals surface area contributed by atoms with Crippen molar-refractivity contribution in [1.29, 1.82) is 5.26 Å². The van der Waals surface area contributed by atoms with E-state index in [9.17, 15) is 19.6 Å². The van der Waals surface area contributed by atoms with Gasteiger partial charge in [0.05, 0.1) is 30.3 Å². The minimum absolute atomic E-state index is 0.0715. The zero-order chi connectivity index (χ0) is 26.4. The summed E-state index contributed by atoms with van der Waals surface area (Å²) in [5.74, 6) is -0.570. The smallest absolute Gasteiger partial charge is 0.350 e. The van der Waals surface area contributed by atoms with Gasteiger partial charge in [-0.15, -0.1) is 0 Å². The van der Waals surface area contributed by atoms with Crippen LogP contribution in [0.5, 0.6) is 0 Å². The van der Waals surface area contributed by atoms with Crippen LogP contribution in [0.2, 0.25) is 0 Å². The maximum atomic E-state index is 12.9. The molecule has 1 N–H and O–H groups in total. The number of nitrogens with zero attached hydrogens (tertiary/aromatic N) is 5. The van der Waals surface area contributed by atoms with Crippen LogP contribution in [-0.2, 0) is 9.53 Å². The number of hydrogen-bond donors (Lipinski definition) is 1. The Bertz CT molecular complexity index is 1310. The molecule has 0 saturated carbocycles. The molecule has 0 unspecified atom stereocenters. The Morgan fingerprint density at radius 2 is 2.00 bits per heavy atom. The molecule has 3 aromatic rings. The predicted molar refractivity (Wildman–Crippen MR) is 131 cm³/mol. The van der Waals surface area contributed by atoms with E-state index in [0.717, 1.165) is 11.3 Å². The highest BCUT2D eigenvalue weighted by Crippen LogP contribution is 2.27. The number of carbonyl (C=O) groups excluding carboxylic acids is 3. The highest BCUT2D eigenvalue weighted by Gasteiger charge is 2.25. The lowest BCUT2D eigenvalue weighted by Crippen LogP contribution is -2.39. The molecule has 0 fully saturated rings. The first-order chi connectivity index (χ1) is 17.1. The van der Waals surface area contributed by atoms with Crippen LogP contribution in [0.3, 0.4) is 0 Å². The lowest BCUT2D eigenvalue weighted by atomic mass is 10.1. The number of ether oxygens (including phenoxy) is 1. The maximum Gasteiger partial charge on any atom is 0.350 e. The SMILES string of the molecule is Cc1nc(-c2cccc(C(=O)N[C@H](CC#N)CC(=O)N(C)c3nc(C)c(C(=O)OC(C)C)s3)c2)no1. The molecule has 2 heterocycles. The first kappa shape index (κ1) is 26.5. The third-order valence-corrected chi connectivity index (χ3v) is 6.19. The number of thiazole rings is 1. The molecule has 0 radical (unpaired) electrons. The number of carbonyl (C=O) groups is 3. The van der Waals surface area contributed by atoms with Crippen molar-refractivity contribution in [1.82, 2.24) is 20.4 Å². The van der Waals surface area contributed by atoms with Gasteiger partial charge in [0.15, 0.2) is 5.13 Å². The largest absolute Gasteiger partial charge is 0.459 e. The highest BCUT2D eigenvalue weighted by molar-refractivity contribution is 7.17. The molecule has 0 bridgehead atoms. The average molecular weight is 511 g/mol. The van der Waals surface area contributed by atoms with E-state index >= 15 is 0 Å². The Morgan fingerprint density at radius 3 is 2.64 bits per heavy atom. The summed E-state index contributed by atoms with van der Waals surface area (Å²) in [7, 11) is 1.53. The van der Waals surface area contributed by atoms with Crippen molar-refractivity contribution in [3.05, 3.63) is 46.3 Å². The molecule has 0 aliphatic heterocycles. The predicted octanol–water partition coefficient (Wildman–Crippen LogP) is 3.44. The van der Waals surface area contributed by atoms with Gasteiger partial charge in [0.25, 0.3) is 5.91 Å². The average Bonchev–Trinajstić information content (AvgIpc) is 3.44. The molecular weight excluding hydrogens is 484 g/mol. The Labute approximate surface area is 212 Å². The topological polar surface area (TPSA) is 151 Å². The van der Waals surface area contributed by atoms with Gasteiger partial charge in [-0.05, 0) is 32.9 Å². The van der Waals surface area contributed by atoms with Gasteiger partial charge in [-0.3, -0.25) is 14.5 Å². The number of nitrogens with one attached hydrogen (secondary N) is 1. The van der Waals surface area contributed by atoms with Gasteiger partial charge < -0.3 is 14.6 Å². The van der Waals surface area contributed by atoms with Crippen molar-refractivity contribution in [2.75, 3.05) is 11.9 Å². The van der Waals surface area contributed by atoms with E-state index in [1.807, 2.05) is 6.07 Å². The van der Waals surface area contributed by atoms with E-state index in [2.05, 4.69) is 20.4 Å². The van der Waals surface area contributed by atoms with Crippen molar-refractivity contribution in [3.8, 4) is 17.5 Å². The molecule has 0 aliphatic carbocycles. The third-order valence-electron chi connectivity index (χ3n) is 4.98. The number of benzene rings is 1. The quantitative estimate of drug-likeness (QED) is 0.427. The fourth-order valence-corrected chi connectivity index (χ4v) is 4.13. The standard InChI is InChI=1S/C24H26N6O5S/c1-13(2)34-23(33)20-14(3)26-24(36-20)30(5)19(31)12-18(9-10-25)28-22(32)17-8-6-7-16(11-17)21-27-15(4)35-29-21/h6-8,11,13,18H,9,12H2,1-5H3,(H,28,32)/t18-/m1/s1. The van der Waals surface area contributed by atoms with Gasteiger partial charge in [0.1, 0.15) is 4.88 Å². The van der Waals surface area contributed by atoms with Crippen LogP contribution < -0.4 is 10.2 Å². The van der Waals surface area contributed by atoms with Crippen LogP contribution in [0.15, 0.2) is 28.8 Å². The van der Waals surface area contributed by atoms with Gasteiger partial charge in [-0.25, -0.2) is 9.78 Å². The summed E-state index contributed by atoms with van der Waals surface area (Å²) >= 11 is 1.05. The Kier molecular flexibility index (Phi) is 8.50.